The molecule has 1 aromatic rings. The summed E-state index contributed by atoms with van der Waals surface area (Å²) in [5, 5.41) is 2.71. The van der Waals surface area contributed by atoms with Gasteiger partial charge >= 0.3 is 11.8 Å². The molecule has 1 N–H and O–H groups in total. The van der Waals surface area contributed by atoms with Crippen LogP contribution in [0.4, 0.5) is 0 Å². The van der Waals surface area contributed by atoms with E-state index in [4.69, 9.17) is 0 Å². The fourth-order valence-electron chi connectivity index (χ4n) is 3.14. The topological polar surface area (TPSA) is 86.8 Å². The Morgan fingerprint density at radius 2 is 1.88 bits per heavy atom. The lowest BCUT2D eigenvalue weighted by atomic mass is 10.1. The highest BCUT2D eigenvalue weighted by atomic mass is 32.2. The van der Waals surface area contributed by atoms with Crippen molar-refractivity contribution in [2.75, 3.05) is 20.6 Å². The Morgan fingerprint density at radius 3 is 2.42 bits per heavy atom. The van der Waals surface area contributed by atoms with Crippen LogP contribution in [0.5, 0.6) is 0 Å². The van der Waals surface area contributed by atoms with Gasteiger partial charge in [-0.2, -0.15) is 0 Å². The van der Waals surface area contributed by atoms with Crippen LogP contribution in [-0.4, -0.2) is 56.1 Å². The SMILES string of the molecule is CC[C@@H]1CCCN1C(=O)C(=O)N[C@@H](C)c1ccc(S(=O)(=O)N(C)C)cc1. The molecule has 1 aliphatic heterocycles. The Morgan fingerprint density at radius 1 is 1.27 bits per heavy atom. The lowest BCUT2D eigenvalue weighted by Crippen LogP contribution is -2.45. The molecule has 1 aliphatic rings. The zero-order valence-corrected chi connectivity index (χ0v) is 16.5. The fourth-order valence-corrected chi connectivity index (χ4v) is 4.04. The van der Waals surface area contributed by atoms with Crippen LogP contribution in [0.3, 0.4) is 0 Å². The van der Waals surface area contributed by atoms with Gasteiger partial charge in [0, 0.05) is 26.7 Å². The lowest BCUT2D eigenvalue weighted by molar-refractivity contribution is -0.146. The number of amides is 2. The first-order valence-electron chi connectivity index (χ1n) is 8.82. The number of carbonyl (C=O) groups excluding carboxylic acids is 2. The number of likely N-dealkylation sites (tertiary alicyclic amines) is 1. The second kappa shape index (κ2) is 8.18. The molecular weight excluding hydrogens is 354 g/mol. The first-order chi connectivity index (χ1) is 12.2. The van der Waals surface area contributed by atoms with E-state index in [2.05, 4.69) is 5.32 Å². The summed E-state index contributed by atoms with van der Waals surface area (Å²) in [6.07, 6.45) is 2.71. The monoisotopic (exact) mass is 381 g/mol. The van der Waals surface area contributed by atoms with Gasteiger partial charge in [0.2, 0.25) is 10.0 Å². The van der Waals surface area contributed by atoms with Gasteiger partial charge in [-0.25, -0.2) is 12.7 Å². The number of hydrogen-bond acceptors (Lipinski definition) is 4. The molecule has 2 amide bonds. The highest BCUT2D eigenvalue weighted by Gasteiger charge is 2.31. The first kappa shape index (κ1) is 20.4. The predicted octanol–water partition coefficient (Wildman–Crippen LogP) is 1.52. The maximum Gasteiger partial charge on any atom is 0.312 e. The predicted molar refractivity (Wildman–Crippen MR) is 98.9 cm³/mol. The molecule has 0 aromatic heterocycles. The normalized spacial score (nSPS) is 18.8. The summed E-state index contributed by atoms with van der Waals surface area (Å²) < 4.78 is 25.3. The molecule has 1 aromatic carbocycles. The van der Waals surface area contributed by atoms with E-state index in [0.29, 0.717) is 6.54 Å². The Hall–Kier alpha value is -1.93. The molecule has 144 valence electrons. The molecule has 0 bridgehead atoms. The molecule has 8 heteroatoms. The van der Waals surface area contributed by atoms with Crippen molar-refractivity contribution < 1.29 is 18.0 Å². The smallest absolute Gasteiger partial charge is 0.312 e. The molecule has 0 saturated carbocycles. The quantitative estimate of drug-likeness (QED) is 0.784. The molecule has 2 rings (SSSR count). The summed E-state index contributed by atoms with van der Waals surface area (Å²) >= 11 is 0. The summed E-state index contributed by atoms with van der Waals surface area (Å²) in [6, 6.07) is 6.04. The molecule has 0 aliphatic carbocycles. The highest BCUT2D eigenvalue weighted by molar-refractivity contribution is 7.89. The third-order valence-electron chi connectivity index (χ3n) is 4.81. The van der Waals surface area contributed by atoms with Crippen LogP contribution in [-0.2, 0) is 19.6 Å². The standard InChI is InChI=1S/C18H27N3O4S/c1-5-15-7-6-12-21(15)18(23)17(22)19-13(2)14-8-10-16(11-9-14)26(24,25)20(3)4/h8-11,13,15H,5-7,12H2,1-4H3,(H,19,22)/t13-,15+/m0/s1. The van der Waals surface area contributed by atoms with E-state index >= 15 is 0 Å². The second-order valence-corrected chi connectivity index (χ2v) is 8.91. The average Bonchev–Trinajstić information content (AvgIpc) is 3.09. The molecule has 1 saturated heterocycles. The van der Waals surface area contributed by atoms with Crippen LogP contribution in [0.2, 0.25) is 0 Å². The van der Waals surface area contributed by atoms with Gasteiger partial charge in [0.15, 0.2) is 0 Å². The number of rotatable bonds is 5. The van der Waals surface area contributed by atoms with Gasteiger partial charge in [-0.3, -0.25) is 9.59 Å². The molecular formula is C18H27N3O4S. The number of benzene rings is 1. The molecule has 2 atom stereocenters. The van der Waals surface area contributed by atoms with Gasteiger partial charge in [-0.05, 0) is 43.9 Å². The lowest BCUT2D eigenvalue weighted by Gasteiger charge is -2.24. The Bertz CT molecular complexity index is 759. The van der Waals surface area contributed by atoms with Crippen LogP contribution < -0.4 is 5.32 Å². The zero-order valence-electron chi connectivity index (χ0n) is 15.7. The van der Waals surface area contributed by atoms with Gasteiger partial charge in [0.1, 0.15) is 0 Å². The average molecular weight is 381 g/mol. The van der Waals surface area contributed by atoms with Crippen LogP contribution in [0.25, 0.3) is 0 Å². The van der Waals surface area contributed by atoms with E-state index in [1.165, 1.54) is 26.2 Å². The van der Waals surface area contributed by atoms with Crippen molar-refractivity contribution in [3.63, 3.8) is 0 Å². The number of hydrogen-bond donors (Lipinski definition) is 1. The minimum Gasteiger partial charge on any atom is -0.341 e. The third kappa shape index (κ3) is 4.24. The van der Waals surface area contributed by atoms with Gasteiger partial charge in [-0.15, -0.1) is 0 Å². The Kier molecular flexibility index (Phi) is 6.41. The zero-order chi connectivity index (χ0) is 19.5. The number of sulfonamides is 1. The van der Waals surface area contributed by atoms with Crippen LogP contribution in [0.15, 0.2) is 29.2 Å². The molecule has 0 radical (unpaired) electrons. The Balaban J connectivity index is 2.04. The number of nitrogens with one attached hydrogen (secondary N) is 1. The van der Waals surface area contributed by atoms with Gasteiger partial charge in [0.05, 0.1) is 10.9 Å². The molecule has 7 nitrogen and oxygen atoms in total. The molecule has 26 heavy (non-hydrogen) atoms. The first-order valence-corrected chi connectivity index (χ1v) is 10.3. The van der Waals surface area contributed by atoms with Gasteiger partial charge in [0.25, 0.3) is 0 Å². The largest absolute Gasteiger partial charge is 0.341 e. The van der Waals surface area contributed by atoms with Crippen LogP contribution in [0, 0.1) is 0 Å². The van der Waals surface area contributed by atoms with Gasteiger partial charge in [-0.1, -0.05) is 19.1 Å². The summed E-state index contributed by atoms with van der Waals surface area (Å²) in [7, 11) is -0.547. The fraction of sp³-hybridized carbons (Fsp3) is 0.556. The van der Waals surface area contributed by atoms with E-state index in [1.807, 2.05) is 6.92 Å². The summed E-state index contributed by atoms with van der Waals surface area (Å²) in [4.78, 5) is 26.5. The van der Waals surface area contributed by atoms with Crippen molar-refractivity contribution in [2.45, 2.75) is 50.1 Å². The van der Waals surface area contributed by atoms with Crippen molar-refractivity contribution >= 4 is 21.8 Å². The van der Waals surface area contributed by atoms with Crippen molar-refractivity contribution in [1.29, 1.82) is 0 Å². The van der Waals surface area contributed by atoms with E-state index in [9.17, 15) is 18.0 Å². The summed E-state index contributed by atoms with van der Waals surface area (Å²) in [5.74, 6) is -1.11. The number of carbonyl (C=O) groups is 2. The van der Waals surface area contributed by atoms with Crippen LogP contribution in [0.1, 0.15) is 44.7 Å². The van der Waals surface area contributed by atoms with Crippen molar-refractivity contribution in [2.24, 2.45) is 0 Å². The maximum absolute atomic E-state index is 12.4. The van der Waals surface area contributed by atoms with E-state index in [0.717, 1.165) is 29.1 Å². The summed E-state index contributed by atoms with van der Waals surface area (Å²) in [6.45, 7) is 4.40. The van der Waals surface area contributed by atoms with Gasteiger partial charge < -0.3 is 10.2 Å². The molecule has 0 unspecified atom stereocenters. The van der Waals surface area contributed by atoms with Crippen molar-refractivity contribution in [1.82, 2.24) is 14.5 Å². The minimum atomic E-state index is -3.49. The summed E-state index contributed by atoms with van der Waals surface area (Å²) in [5.41, 5.74) is 0.734. The van der Waals surface area contributed by atoms with Crippen LogP contribution >= 0.6 is 0 Å². The van der Waals surface area contributed by atoms with E-state index in [-0.39, 0.29) is 10.9 Å². The molecule has 1 fully saturated rings. The maximum atomic E-state index is 12.4. The van der Waals surface area contributed by atoms with E-state index < -0.39 is 27.9 Å². The van der Waals surface area contributed by atoms with E-state index in [1.54, 1.807) is 24.0 Å². The van der Waals surface area contributed by atoms with Crippen molar-refractivity contribution in [3.8, 4) is 0 Å². The molecule has 1 heterocycles. The minimum absolute atomic E-state index is 0.138. The Labute approximate surface area is 155 Å². The third-order valence-corrected chi connectivity index (χ3v) is 6.64. The number of nitrogens with zero attached hydrogens (tertiary/aromatic N) is 2. The van der Waals surface area contributed by atoms with Crippen molar-refractivity contribution in [3.05, 3.63) is 29.8 Å². The molecule has 0 spiro atoms. The highest BCUT2D eigenvalue weighted by Crippen LogP contribution is 2.21. The second-order valence-electron chi connectivity index (χ2n) is 6.75.